The predicted octanol–water partition coefficient (Wildman–Crippen LogP) is 5.17. The Morgan fingerprint density at radius 3 is 2.79 bits per heavy atom. The van der Waals surface area contributed by atoms with E-state index in [9.17, 15) is 4.79 Å². The summed E-state index contributed by atoms with van der Waals surface area (Å²) in [6.45, 7) is 0.263. The number of carbonyl (C=O) groups excluding carboxylic acids is 1. The highest BCUT2D eigenvalue weighted by atomic mass is 32.1. The van der Waals surface area contributed by atoms with Crippen LogP contribution in [0.5, 0.6) is 11.5 Å². The van der Waals surface area contributed by atoms with Crippen LogP contribution in [0.25, 0.3) is 0 Å². The smallest absolute Gasteiger partial charge is 0.254 e. The summed E-state index contributed by atoms with van der Waals surface area (Å²) in [4.78, 5) is 19.3. The van der Waals surface area contributed by atoms with Crippen molar-refractivity contribution in [1.82, 2.24) is 5.32 Å². The fraction of sp³-hybridized carbons (Fsp3) is 0.478. The molecule has 152 valence electrons. The minimum Gasteiger partial charge on any atom is -0.454 e. The number of benzene rings is 1. The molecule has 1 saturated carbocycles. The van der Waals surface area contributed by atoms with E-state index in [-0.39, 0.29) is 12.7 Å². The van der Waals surface area contributed by atoms with E-state index < -0.39 is 0 Å². The molecule has 6 heteroatoms. The molecular formula is C23H26N2O3S. The third kappa shape index (κ3) is 3.90. The largest absolute Gasteiger partial charge is 0.454 e. The number of aryl methyl sites for hydroxylation is 1. The summed E-state index contributed by atoms with van der Waals surface area (Å²) in [7, 11) is 0. The van der Waals surface area contributed by atoms with Crippen LogP contribution in [-0.4, -0.2) is 25.0 Å². The first-order valence-electron chi connectivity index (χ1n) is 10.7. The number of hydrogen-bond acceptors (Lipinski definition) is 5. The lowest BCUT2D eigenvalue weighted by atomic mass is 9.93. The molecular weight excluding hydrogens is 384 g/mol. The summed E-state index contributed by atoms with van der Waals surface area (Å²) < 4.78 is 10.8. The lowest BCUT2D eigenvalue weighted by molar-refractivity contribution is 0.0927. The number of aliphatic imine (C=N–C) groups is 1. The molecule has 0 atom stereocenters. The van der Waals surface area contributed by atoms with Gasteiger partial charge in [0.15, 0.2) is 11.5 Å². The second-order valence-electron chi connectivity index (χ2n) is 8.07. The second-order valence-corrected chi connectivity index (χ2v) is 9.15. The third-order valence-electron chi connectivity index (χ3n) is 6.05. The van der Waals surface area contributed by atoms with Crippen molar-refractivity contribution in [2.75, 3.05) is 6.79 Å². The summed E-state index contributed by atoms with van der Waals surface area (Å²) in [6, 6.07) is 6.11. The van der Waals surface area contributed by atoms with E-state index in [0.717, 1.165) is 59.7 Å². The Morgan fingerprint density at radius 1 is 1.07 bits per heavy atom. The number of fused-ring (bicyclic) bond motifs is 2. The zero-order chi connectivity index (χ0) is 19.6. The number of thiophene rings is 1. The van der Waals surface area contributed by atoms with Crippen molar-refractivity contribution < 1.29 is 14.3 Å². The van der Waals surface area contributed by atoms with Gasteiger partial charge in [0, 0.05) is 17.1 Å². The van der Waals surface area contributed by atoms with Gasteiger partial charge in [0.25, 0.3) is 5.91 Å². The van der Waals surface area contributed by atoms with E-state index in [1.807, 2.05) is 24.4 Å². The van der Waals surface area contributed by atoms with Gasteiger partial charge >= 0.3 is 0 Å². The van der Waals surface area contributed by atoms with E-state index in [1.54, 1.807) is 11.3 Å². The third-order valence-corrected chi connectivity index (χ3v) is 7.25. The highest BCUT2D eigenvalue weighted by Crippen LogP contribution is 2.40. The van der Waals surface area contributed by atoms with Crippen molar-refractivity contribution in [2.45, 2.75) is 63.8 Å². The van der Waals surface area contributed by atoms with E-state index in [1.165, 1.54) is 36.1 Å². The molecule has 5 nitrogen and oxygen atoms in total. The number of amides is 1. The Kier molecular flexibility index (Phi) is 5.27. The molecule has 0 unspecified atom stereocenters. The Bertz CT molecular complexity index is 944. The van der Waals surface area contributed by atoms with Gasteiger partial charge in [-0.2, -0.15) is 0 Å². The van der Waals surface area contributed by atoms with Crippen molar-refractivity contribution >= 4 is 28.5 Å². The van der Waals surface area contributed by atoms with E-state index in [2.05, 4.69) is 5.32 Å². The monoisotopic (exact) mass is 410 g/mol. The van der Waals surface area contributed by atoms with E-state index in [4.69, 9.17) is 14.5 Å². The first-order valence-corrected chi connectivity index (χ1v) is 11.5. The zero-order valence-electron chi connectivity index (χ0n) is 16.5. The van der Waals surface area contributed by atoms with Crippen LogP contribution in [0.15, 0.2) is 23.2 Å². The number of nitrogens with zero attached hydrogens (tertiary/aromatic N) is 1. The van der Waals surface area contributed by atoms with Crippen molar-refractivity contribution in [3.63, 3.8) is 0 Å². The quantitative estimate of drug-likeness (QED) is 0.708. The Morgan fingerprint density at radius 2 is 1.90 bits per heavy atom. The van der Waals surface area contributed by atoms with Gasteiger partial charge in [-0.05, 0) is 67.9 Å². The van der Waals surface area contributed by atoms with Crippen LogP contribution in [0.4, 0.5) is 5.00 Å². The van der Waals surface area contributed by atoms with Gasteiger partial charge in [-0.1, -0.05) is 19.3 Å². The maximum atomic E-state index is 13.2. The maximum absolute atomic E-state index is 13.2. The van der Waals surface area contributed by atoms with Crippen LogP contribution in [0, 0.1) is 0 Å². The zero-order valence-corrected chi connectivity index (χ0v) is 17.4. The molecule has 3 aliphatic rings. The second kappa shape index (κ2) is 8.19. The van der Waals surface area contributed by atoms with Gasteiger partial charge in [0.05, 0.1) is 5.56 Å². The molecule has 0 bridgehead atoms. The average molecular weight is 411 g/mol. The summed E-state index contributed by atoms with van der Waals surface area (Å²) >= 11 is 1.68. The number of rotatable bonds is 4. The molecule has 1 aromatic heterocycles. The molecule has 0 saturated heterocycles. The highest BCUT2D eigenvalue weighted by molar-refractivity contribution is 7.16. The summed E-state index contributed by atoms with van der Waals surface area (Å²) in [5, 5.41) is 4.14. The Labute approximate surface area is 175 Å². The number of nitrogens with one attached hydrogen (secondary N) is 1. The lowest BCUT2D eigenvalue weighted by Crippen LogP contribution is -2.36. The highest BCUT2D eigenvalue weighted by Gasteiger charge is 2.27. The summed E-state index contributed by atoms with van der Waals surface area (Å²) in [5.41, 5.74) is 2.99. The molecule has 2 heterocycles. The summed E-state index contributed by atoms with van der Waals surface area (Å²) in [5.74, 6) is 1.57. The van der Waals surface area contributed by atoms with Crippen LogP contribution in [0.2, 0.25) is 0 Å². The lowest BCUT2D eigenvalue weighted by Gasteiger charge is -2.23. The molecule has 1 amide bonds. The fourth-order valence-electron chi connectivity index (χ4n) is 4.51. The normalized spacial score (nSPS) is 18.8. The number of carbonyl (C=O) groups is 1. The fourth-order valence-corrected chi connectivity index (χ4v) is 5.74. The molecule has 2 aliphatic carbocycles. The van der Waals surface area contributed by atoms with Crippen LogP contribution >= 0.6 is 11.3 Å². The van der Waals surface area contributed by atoms with Crippen LogP contribution in [0.1, 0.15) is 71.3 Å². The standard InChI is InChI=1S/C23H26N2O3S/c26-22(25-16-6-2-1-3-7-16)21-17-8-4-5-9-20(17)29-23(21)24-13-15-10-11-18-19(12-15)28-14-27-18/h10-13,16H,1-9,14H2,(H,25,26)/b24-13+. The first kappa shape index (κ1) is 18.7. The minimum atomic E-state index is 0.0640. The van der Waals surface area contributed by atoms with Gasteiger partial charge in [0.1, 0.15) is 5.00 Å². The average Bonchev–Trinajstić information content (AvgIpc) is 3.36. The van der Waals surface area contributed by atoms with E-state index in [0.29, 0.717) is 6.04 Å². The van der Waals surface area contributed by atoms with Crippen molar-refractivity contribution in [3.05, 3.63) is 39.8 Å². The van der Waals surface area contributed by atoms with Crippen LogP contribution in [0.3, 0.4) is 0 Å². The molecule has 0 spiro atoms. The molecule has 1 N–H and O–H groups in total. The first-order chi connectivity index (χ1) is 14.3. The predicted molar refractivity (Wildman–Crippen MR) is 115 cm³/mol. The SMILES string of the molecule is O=C(NC1CCCCC1)c1c(/N=C/c2ccc3c(c2)OCO3)sc2c1CCCC2. The molecule has 0 radical (unpaired) electrons. The van der Waals surface area contributed by atoms with Crippen LogP contribution < -0.4 is 14.8 Å². The molecule has 1 aromatic carbocycles. The maximum Gasteiger partial charge on any atom is 0.254 e. The Hall–Kier alpha value is -2.34. The van der Waals surface area contributed by atoms with Crippen molar-refractivity contribution in [3.8, 4) is 11.5 Å². The molecule has 2 aromatic rings. The van der Waals surface area contributed by atoms with Gasteiger partial charge in [0.2, 0.25) is 6.79 Å². The number of ether oxygens (including phenoxy) is 2. The van der Waals surface area contributed by atoms with Crippen LogP contribution in [-0.2, 0) is 12.8 Å². The van der Waals surface area contributed by atoms with Gasteiger partial charge < -0.3 is 14.8 Å². The minimum absolute atomic E-state index is 0.0640. The Balaban J connectivity index is 1.42. The van der Waals surface area contributed by atoms with Crippen molar-refractivity contribution in [2.24, 2.45) is 4.99 Å². The van der Waals surface area contributed by atoms with Crippen molar-refractivity contribution in [1.29, 1.82) is 0 Å². The summed E-state index contributed by atoms with van der Waals surface area (Å²) in [6.07, 6.45) is 12.1. The molecule has 29 heavy (non-hydrogen) atoms. The van der Waals surface area contributed by atoms with Gasteiger partial charge in [-0.3, -0.25) is 4.79 Å². The van der Waals surface area contributed by atoms with Gasteiger partial charge in [-0.15, -0.1) is 11.3 Å². The molecule has 1 aliphatic heterocycles. The van der Waals surface area contributed by atoms with E-state index >= 15 is 0 Å². The molecule has 1 fully saturated rings. The number of hydrogen-bond donors (Lipinski definition) is 1. The van der Waals surface area contributed by atoms with Gasteiger partial charge in [-0.25, -0.2) is 4.99 Å². The topological polar surface area (TPSA) is 59.9 Å². The molecule has 5 rings (SSSR count).